The molecule has 0 saturated carbocycles. The summed E-state index contributed by atoms with van der Waals surface area (Å²) in [6.45, 7) is 1.77. The highest BCUT2D eigenvalue weighted by atomic mass is 35.5. The number of benzene rings is 2. The molecule has 1 amide bonds. The molecule has 7 heteroatoms. The van der Waals surface area contributed by atoms with Gasteiger partial charge >= 0.3 is 5.97 Å². The zero-order valence-electron chi connectivity index (χ0n) is 15.4. The van der Waals surface area contributed by atoms with Gasteiger partial charge in [0.05, 0.1) is 6.42 Å². The molecule has 1 fully saturated rings. The van der Waals surface area contributed by atoms with Crippen LogP contribution in [0.25, 0.3) is 0 Å². The number of amides is 1. The number of nitrogens with zero attached hydrogens (tertiary/aromatic N) is 1. The maximum Gasteiger partial charge on any atom is 0.310 e. The van der Waals surface area contributed by atoms with Crippen LogP contribution in [0.2, 0.25) is 10.0 Å². The lowest BCUT2D eigenvalue weighted by molar-refractivity contribution is -0.146. The maximum absolute atomic E-state index is 12.0. The zero-order valence-corrected chi connectivity index (χ0v) is 16.9. The van der Waals surface area contributed by atoms with Crippen molar-refractivity contribution in [3.8, 4) is 0 Å². The molecule has 3 rings (SSSR count). The summed E-state index contributed by atoms with van der Waals surface area (Å²) in [5.41, 5.74) is 2.31. The minimum Gasteiger partial charge on any atom is -0.455 e. The van der Waals surface area contributed by atoms with Crippen molar-refractivity contribution in [2.75, 3.05) is 29.9 Å². The first-order valence-electron chi connectivity index (χ1n) is 9.26. The van der Waals surface area contributed by atoms with E-state index in [0.29, 0.717) is 21.3 Å². The SMILES string of the molecule is O=C(COC(=O)Cc1c(Cl)cccc1Cl)Nc1ccc(N2CCCCC2)cc1. The molecular weight excluding hydrogens is 399 g/mol. The van der Waals surface area contributed by atoms with Crippen molar-refractivity contribution in [2.45, 2.75) is 25.7 Å². The first-order chi connectivity index (χ1) is 13.5. The van der Waals surface area contributed by atoms with E-state index in [4.69, 9.17) is 27.9 Å². The highest BCUT2D eigenvalue weighted by Crippen LogP contribution is 2.25. The molecule has 0 bridgehead atoms. The monoisotopic (exact) mass is 420 g/mol. The van der Waals surface area contributed by atoms with Crippen LogP contribution < -0.4 is 10.2 Å². The Balaban J connectivity index is 1.46. The predicted molar refractivity (Wildman–Crippen MR) is 112 cm³/mol. The quantitative estimate of drug-likeness (QED) is 0.687. The third kappa shape index (κ3) is 5.63. The summed E-state index contributed by atoms with van der Waals surface area (Å²) in [7, 11) is 0. The average molecular weight is 421 g/mol. The van der Waals surface area contributed by atoms with Crippen LogP contribution in [0.3, 0.4) is 0 Å². The Labute approximate surface area is 174 Å². The number of nitrogens with one attached hydrogen (secondary N) is 1. The molecule has 1 aliphatic heterocycles. The van der Waals surface area contributed by atoms with Crippen molar-refractivity contribution in [2.24, 2.45) is 0 Å². The molecule has 0 aliphatic carbocycles. The van der Waals surface area contributed by atoms with Gasteiger partial charge in [0.2, 0.25) is 0 Å². The van der Waals surface area contributed by atoms with E-state index in [1.807, 2.05) is 24.3 Å². The van der Waals surface area contributed by atoms with Crippen LogP contribution in [-0.2, 0) is 20.7 Å². The zero-order chi connectivity index (χ0) is 19.9. The van der Waals surface area contributed by atoms with Gasteiger partial charge in [0.15, 0.2) is 6.61 Å². The van der Waals surface area contributed by atoms with E-state index in [1.165, 1.54) is 19.3 Å². The molecule has 1 heterocycles. The maximum atomic E-state index is 12.0. The number of esters is 1. The van der Waals surface area contributed by atoms with Crippen molar-refractivity contribution < 1.29 is 14.3 Å². The fourth-order valence-electron chi connectivity index (χ4n) is 3.15. The molecule has 2 aromatic carbocycles. The molecule has 2 aromatic rings. The first kappa shape index (κ1) is 20.5. The first-order valence-corrected chi connectivity index (χ1v) is 10.0. The molecule has 148 valence electrons. The van der Waals surface area contributed by atoms with Crippen LogP contribution in [0.5, 0.6) is 0 Å². The Morgan fingerprint density at radius 3 is 2.25 bits per heavy atom. The molecule has 0 radical (unpaired) electrons. The molecule has 0 aromatic heterocycles. The average Bonchev–Trinajstić information content (AvgIpc) is 2.70. The third-order valence-electron chi connectivity index (χ3n) is 4.62. The van der Waals surface area contributed by atoms with Crippen molar-refractivity contribution in [3.05, 3.63) is 58.1 Å². The van der Waals surface area contributed by atoms with Crippen molar-refractivity contribution in [1.82, 2.24) is 0 Å². The summed E-state index contributed by atoms with van der Waals surface area (Å²) in [5, 5.41) is 3.51. The molecule has 1 saturated heterocycles. The van der Waals surface area contributed by atoms with Gasteiger partial charge < -0.3 is 15.0 Å². The van der Waals surface area contributed by atoms with Crippen LogP contribution in [0.1, 0.15) is 24.8 Å². The third-order valence-corrected chi connectivity index (χ3v) is 5.33. The summed E-state index contributed by atoms with van der Waals surface area (Å²) in [5.74, 6) is -0.963. The van der Waals surface area contributed by atoms with Gasteiger partial charge in [0.25, 0.3) is 5.91 Å². The molecule has 0 spiro atoms. The fourth-order valence-corrected chi connectivity index (χ4v) is 3.68. The van der Waals surface area contributed by atoms with Crippen LogP contribution >= 0.6 is 23.2 Å². The summed E-state index contributed by atoms with van der Waals surface area (Å²) < 4.78 is 5.03. The Morgan fingerprint density at radius 2 is 1.61 bits per heavy atom. The van der Waals surface area contributed by atoms with Crippen molar-refractivity contribution in [3.63, 3.8) is 0 Å². The normalized spacial score (nSPS) is 13.9. The number of carbonyl (C=O) groups excluding carboxylic acids is 2. The van der Waals surface area contributed by atoms with E-state index in [1.54, 1.807) is 18.2 Å². The smallest absolute Gasteiger partial charge is 0.310 e. The molecular formula is C21H22Cl2N2O3. The van der Waals surface area contributed by atoms with Crippen LogP contribution in [0.15, 0.2) is 42.5 Å². The second-order valence-electron chi connectivity index (χ2n) is 6.68. The lowest BCUT2D eigenvalue weighted by atomic mass is 10.1. The second-order valence-corrected chi connectivity index (χ2v) is 7.49. The van der Waals surface area contributed by atoms with E-state index in [-0.39, 0.29) is 13.0 Å². The number of anilines is 2. The van der Waals surface area contributed by atoms with Crippen LogP contribution in [0.4, 0.5) is 11.4 Å². The summed E-state index contributed by atoms with van der Waals surface area (Å²) in [6.07, 6.45) is 3.62. The number of ether oxygens (including phenoxy) is 1. The lowest BCUT2D eigenvalue weighted by Crippen LogP contribution is -2.29. The summed E-state index contributed by atoms with van der Waals surface area (Å²) in [6, 6.07) is 12.7. The number of piperidine rings is 1. The minimum atomic E-state index is -0.564. The predicted octanol–water partition coefficient (Wildman–Crippen LogP) is 4.71. The van der Waals surface area contributed by atoms with Crippen molar-refractivity contribution in [1.29, 1.82) is 0 Å². The van der Waals surface area contributed by atoms with Gasteiger partial charge in [-0.2, -0.15) is 0 Å². The summed E-state index contributed by atoms with van der Waals surface area (Å²) in [4.78, 5) is 26.4. The number of halogens is 2. The molecule has 0 unspecified atom stereocenters. The molecule has 5 nitrogen and oxygen atoms in total. The van der Waals surface area contributed by atoms with E-state index in [2.05, 4.69) is 10.2 Å². The number of hydrogen-bond donors (Lipinski definition) is 1. The van der Waals surface area contributed by atoms with E-state index < -0.39 is 11.9 Å². The van der Waals surface area contributed by atoms with E-state index >= 15 is 0 Å². The van der Waals surface area contributed by atoms with Crippen LogP contribution in [-0.4, -0.2) is 31.6 Å². The van der Waals surface area contributed by atoms with Gasteiger partial charge in [0.1, 0.15) is 0 Å². The van der Waals surface area contributed by atoms with E-state index in [9.17, 15) is 9.59 Å². The van der Waals surface area contributed by atoms with Gasteiger partial charge in [-0.3, -0.25) is 9.59 Å². The lowest BCUT2D eigenvalue weighted by Gasteiger charge is -2.28. The standard InChI is InChI=1S/C21H22Cl2N2O3/c22-18-5-4-6-19(23)17(18)13-21(27)28-14-20(26)24-15-7-9-16(10-8-15)25-11-2-1-3-12-25/h4-10H,1-3,11-14H2,(H,24,26). The number of hydrogen-bond acceptors (Lipinski definition) is 4. The Kier molecular flexibility index (Phi) is 7.18. The van der Waals surface area contributed by atoms with Crippen LogP contribution in [0, 0.1) is 0 Å². The van der Waals surface area contributed by atoms with Gasteiger partial charge in [-0.25, -0.2) is 0 Å². The highest BCUT2D eigenvalue weighted by Gasteiger charge is 2.14. The van der Waals surface area contributed by atoms with Gasteiger partial charge in [-0.15, -0.1) is 0 Å². The molecule has 1 aliphatic rings. The fraction of sp³-hybridized carbons (Fsp3) is 0.333. The molecule has 0 atom stereocenters. The van der Waals surface area contributed by atoms with Gasteiger partial charge in [-0.1, -0.05) is 29.3 Å². The Hall–Kier alpha value is -2.24. The number of carbonyl (C=O) groups is 2. The summed E-state index contributed by atoms with van der Waals surface area (Å²) >= 11 is 12.1. The minimum absolute atomic E-state index is 0.0870. The second kappa shape index (κ2) is 9.80. The molecule has 1 N–H and O–H groups in total. The number of rotatable bonds is 6. The Bertz CT molecular complexity index is 814. The van der Waals surface area contributed by atoms with E-state index in [0.717, 1.165) is 18.8 Å². The van der Waals surface area contributed by atoms with Crippen molar-refractivity contribution >= 4 is 46.5 Å². The van der Waals surface area contributed by atoms with Gasteiger partial charge in [0, 0.05) is 40.1 Å². The molecule has 28 heavy (non-hydrogen) atoms. The largest absolute Gasteiger partial charge is 0.455 e. The van der Waals surface area contributed by atoms with Gasteiger partial charge in [-0.05, 0) is 55.7 Å². The highest BCUT2D eigenvalue weighted by molar-refractivity contribution is 6.36. The topological polar surface area (TPSA) is 58.6 Å². The Morgan fingerprint density at radius 1 is 0.964 bits per heavy atom.